The maximum absolute atomic E-state index is 5.64. The number of nitrogens with zero attached hydrogens (tertiary/aromatic N) is 1. The van der Waals surface area contributed by atoms with Gasteiger partial charge >= 0.3 is 0 Å². The molecular weight excluding hydrogens is 294 g/mol. The van der Waals surface area contributed by atoms with Crippen molar-refractivity contribution in [1.82, 2.24) is 10.2 Å². The van der Waals surface area contributed by atoms with Crippen LogP contribution in [0.25, 0.3) is 6.08 Å². The van der Waals surface area contributed by atoms with Crippen LogP contribution in [0.5, 0.6) is 0 Å². The van der Waals surface area contributed by atoms with E-state index < -0.39 is 0 Å². The lowest BCUT2D eigenvalue weighted by Gasteiger charge is -2.59. The van der Waals surface area contributed by atoms with Gasteiger partial charge in [-0.15, -0.1) is 0 Å². The summed E-state index contributed by atoms with van der Waals surface area (Å²) in [5, 5.41) is 3.93. The summed E-state index contributed by atoms with van der Waals surface area (Å²) in [6.45, 7) is 6.74. The molecular formula is C21H31N3. The topological polar surface area (TPSA) is 41.3 Å². The molecule has 3 nitrogen and oxygen atoms in total. The van der Waals surface area contributed by atoms with Crippen LogP contribution in [-0.4, -0.2) is 43.2 Å². The zero-order chi connectivity index (χ0) is 16.6. The number of hydrogen-bond donors (Lipinski definition) is 2. The van der Waals surface area contributed by atoms with E-state index in [1.165, 1.54) is 44.3 Å². The third-order valence-corrected chi connectivity index (χ3v) is 6.20. The van der Waals surface area contributed by atoms with Crippen molar-refractivity contribution in [1.29, 1.82) is 0 Å². The van der Waals surface area contributed by atoms with E-state index in [-0.39, 0.29) is 0 Å². The molecule has 3 aliphatic rings. The summed E-state index contributed by atoms with van der Waals surface area (Å²) < 4.78 is 0. The highest BCUT2D eigenvalue weighted by molar-refractivity contribution is 5.54. The van der Waals surface area contributed by atoms with Gasteiger partial charge in [0.05, 0.1) is 0 Å². The maximum Gasteiger partial charge on any atom is 0.0142 e. The highest BCUT2D eigenvalue weighted by Gasteiger charge is 2.53. The highest BCUT2D eigenvalue weighted by Crippen LogP contribution is 2.50. The second-order valence-electron chi connectivity index (χ2n) is 8.20. The number of nitrogens with one attached hydrogen (secondary N) is 1. The predicted molar refractivity (Wildman–Crippen MR) is 101 cm³/mol. The van der Waals surface area contributed by atoms with Gasteiger partial charge in [0.1, 0.15) is 0 Å². The molecule has 2 atom stereocenters. The van der Waals surface area contributed by atoms with Crippen molar-refractivity contribution in [3.8, 4) is 0 Å². The van der Waals surface area contributed by atoms with Crippen molar-refractivity contribution in [3.63, 3.8) is 0 Å². The molecule has 0 radical (unpaired) electrons. The van der Waals surface area contributed by atoms with Gasteiger partial charge in [0, 0.05) is 38.3 Å². The fourth-order valence-electron chi connectivity index (χ4n) is 4.93. The summed E-state index contributed by atoms with van der Waals surface area (Å²) in [6.07, 6.45) is 7.66. The van der Waals surface area contributed by atoms with Gasteiger partial charge < -0.3 is 16.0 Å². The fourth-order valence-corrected chi connectivity index (χ4v) is 4.93. The Morgan fingerprint density at radius 3 is 2.71 bits per heavy atom. The normalized spacial score (nSPS) is 29.3. The Hall–Kier alpha value is -1.16. The highest BCUT2D eigenvalue weighted by atomic mass is 15.2. The van der Waals surface area contributed by atoms with Crippen molar-refractivity contribution in [2.45, 2.75) is 44.7 Å². The van der Waals surface area contributed by atoms with E-state index in [4.69, 9.17) is 5.73 Å². The molecule has 3 fully saturated rings. The van der Waals surface area contributed by atoms with Crippen LogP contribution in [0.1, 0.15) is 38.2 Å². The third-order valence-electron chi connectivity index (χ3n) is 6.20. The van der Waals surface area contributed by atoms with E-state index in [2.05, 4.69) is 53.5 Å². The number of rotatable bonds is 7. The van der Waals surface area contributed by atoms with Gasteiger partial charge in [0.25, 0.3) is 0 Å². The van der Waals surface area contributed by atoms with E-state index >= 15 is 0 Å². The lowest BCUT2D eigenvalue weighted by Crippen LogP contribution is -2.66. The van der Waals surface area contributed by atoms with Gasteiger partial charge in [-0.05, 0) is 42.6 Å². The lowest BCUT2D eigenvalue weighted by atomic mass is 9.60. The molecule has 3 N–H and O–H groups in total. The van der Waals surface area contributed by atoms with E-state index in [9.17, 15) is 0 Å². The summed E-state index contributed by atoms with van der Waals surface area (Å²) in [6, 6.07) is 12.2. The molecule has 0 bridgehead atoms. The van der Waals surface area contributed by atoms with Crippen LogP contribution in [0.15, 0.2) is 35.9 Å². The van der Waals surface area contributed by atoms with Crippen LogP contribution in [0.4, 0.5) is 0 Å². The summed E-state index contributed by atoms with van der Waals surface area (Å²) in [4.78, 5) is 2.51. The fraction of sp³-hybridized carbons (Fsp3) is 0.619. The number of likely N-dealkylation sites (tertiary alicyclic amines) is 1. The molecule has 0 amide bonds. The van der Waals surface area contributed by atoms with E-state index in [0.717, 1.165) is 31.1 Å². The molecule has 3 heteroatoms. The Morgan fingerprint density at radius 1 is 1.29 bits per heavy atom. The SMILES string of the molecule is CC/C(=C\c1ccccc1)[C@H]1C[C@@H]1NC1CC2(C1)CN(CCN)C2. The van der Waals surface area contributed by atoms with Crippen LogP contribution in [0, 0.1) is 11.3 Å². The number of nitrogens with two attached hydrogens (primary N) is 1. The van der Waals surface area contributed by atoms with Crippen LogP contribution in [-0.2, 0) is 0 Å². The van der Waals surface area contributed by atoms with Gasteiger partial charge in [-0.3, -0.25) is 0 Å². The lowest BCUT2D eigenvalue weighted by molar-refractivity contribution is -0.0772. The Kier molecular flexibility index (Phi) is 4.50. The standard InChI is InChI=1S/C21H31N3/c1-2-17(10-16-6-4-3-5-7-16)19-11-20(19)23-18-12-21(13-18)14-24(15-21)9-8-22/h3-7,10,18-20,23H,2,8-9,11-15,22H2,1H3/b17-10+/t19-,20+/m1/s1. The van der Waals surface area contributed by atoms with Crippen LogP contribution in [0.3, 0.4) is 0 Å². The summed E-state index contributed by atoms with van der Waals surface area (Å²) in [5.41, 5.74) is 9.25. The monoisotopic (exact) mass is 325 g/mol. The molecule has 1 aromatic rings. The van der Waals surface area contributed by atoms with Crippen LogP contribution in [0.2, 0.25) is 0 Å². The largest absolute Gasteiger partial charge is 0.329 e. The van der Waals surface area contributed by atoms with Gasteiger partial charge in [-0.2, -0.15) is 0 Å². The second kappa shape index (κ2) is 6.62. The smallest absolute Gasteiger partial charge is 0.0142 e. The Balaban J connectivity index is 1.24. The predicted octanol–water partition coefficient (Wildman–Crippen LogP) is 2.88. The summed E-state index contributed by atoms with van der Waals surface area (Å²) in [5.74, 6) is 0.766. The first kappa shape index (κ1) is 16.3. The second-order valence-corrected chi connectivity index (χ2v) is 8.20. The molecule has 130 valence electrons. The van der Waals surface area contributed by atoms with E-state index in [0.29, 0.717) is 5.41 Å². The van der Waals surface area contributed by atoms with Crippen molar-refractivity contribution in [2.24, 2.45) is 17.1 Å². The Morgan fingerprint density at radius 2 is 2.04 bits per heavy atom. The average Bonchev–Trinajstić information content (AvgIpc) is 3.28. The molecule has 0 unspecified atom stereocenters. The Labute approximate surface area is 146 Å². The first-order valence-corrected chi connectivity index (χ1v) is 9.65. The minimum atomic E-state index is 0.644. The first-order valence-electron chi connectivity index (χ1n) is 9.65. The van der Waals surface area contributed by atoms with Crippen molar-refractivity contribution in [3.05, 3.63) is 41.5 Å². The molecule has 1 heterocycles. The first-order chi connectivity index (χ1) is 11.7. The molecule has 1 aliphatic heterocycles. The molecule has 0 aromatic heterocycles. The number of hydrogen-bond acceptors (Lipinski definition) is 3. The quantitative estimate of drug-likeness (QED) is 0.810. The van der Waals surface area contributed by atoms with Gasteiger partial charge in [0.15, 0.2) is 0 Å². The van der Waals surface area contributed by atoms with Gasteiger partial charge in [-0.25, -0.2) is 0 Å². The van der Waals surface area contributed by atoms with E-state index in [1.807, 2.05) is 0 Å². The molecule has 1 aromatic carbocycles. The molecule has 2 aliphatic carbocycles. The van der Waals surface area contributed by atoms with E-state index in [1.54, 1.807) is 5.57 Å². The van der Waals surface area contributed by atoms with Gasteiger partial charge in [-0.1, -0.05) is 48.9 Å². The zero-order valence-electron chi connectivity index (χ0n) is 14.9. The molecule has 24 heavy (non-hydrogen) atoms. The van der Waals surface area contributed by atoms with Crippen molar-refractivity contribution >= 4 is 6.08 Å². The summed E-state index contributed by atoms with van der Waals surface area (Å²) in [7, 11) is 0. The van der Waals surface area contributed by atoms with Crippen molar-refractivity contribution in [2.75, 3.05) is 26.2 Å². The van der Waals surface area contributed by atoms with Crippen molar-refractivity contribution < 1.29 is 0 Å². The molecule has 2 saturated carbocycles. The van der Waals surface area contributed by atoms with Crippen LogP contribution < -0.4 is 11.1 Å². The van der Waals surface area contributed by atoms with Crippen LogP contribution >= 0.6 is 0 Å². The summed E-state index contributed by atoms with van der Waals surface area (Å²) >= 11 is 0. The third kappa shape index (κ3) is 3.30. The van der Waals surface area contributed by atoms with Gasteiger partial charge in [0.2, 0.25) is 0 Å². The minimum Gasteiger partial charge on any atom is -0.329 e. The zero-order valence-corrected chi connectivity index (χ0v) is 14.9. The maximum atomic E-state index is 5.64. The molecule has 1 spiro atoms. The average molecular weight is 326 g/mol. The molecule has 1 saturated heterocycles. The minimum absolute atomic E-state index is 0.644. The molecule has 4 rings (SSSR count). The Bertz CT molecular complexity index is 580. The number of benzene rings is 1.